The molecule has 1 fully saturated rings. The van der Waals surface area contributed by atoms with E-state index in [1.54, 1.807) is 10.8 Å². The highest BCUT2D eigenvalue weighted by Crippen LogP contribution is 2.22. The van der Waals surface area contributed by atoms with E-state index in [1.165, 1.54) is 6.08 Å². The number of aromatic nitrogens is 2. The molecular weight excluding hydrogens is 399 g/mol. The minimum Gasteiger partial charge on any atom is -0.379 e. The number of rotatable bonds is 7. The summed E-state index contributed by atoms with van der Waals surface area (Å²) in [5.74, 6) is -0.144. The van der Waals surface area contributed by atoms with E-state index in [4.69, 9.17) is 27.9 Å². The fourth-order valence-electron chi connectivity index (χ4n) is 3.00. The van der Waals surface area contributed by atoms with Gasteiger partial charge in [-0.15, -0.1) is 0 Å². The van der Waals surface area contributed by atoms with Gasteiger partial charge < -0.3 is 10.1 Å². The molecule has 1 amide bonds. The van der Waals surface area contributed by atoms with E-state index in [0.717, 1.165) is 49.7 Å². The van der Waals surface area contributed by atoms with Crippen molar-refractivity contribution in [1.29, 1.82) is 0 Å². The molecule has 0 atom stereocenters. The Balaban J connectivity index is 1.54. The number of carbonyl (C=O) groups excluding carboxylic acids is 1. The standard InChI is InChI=1S/C20H24Cl2N4O2/c1-15-18(6-7-19(27)23-8-9-25-10-12-28-13-11-25)20(22)26(24-15)14-16-2-4-17(21)5-3-16/h2-7H,8-14H2,1H3,(H,23,27)/b7-6+. The van der Waals surface area contributed by atoms with Crippen LogP contribution in [0.4, 0.5) is 0 Å². The zero-order chi connectivity index (χ0) is 19.9. The van der Waals surface area contributed by atoms with E-state index in [-0.39, 0.29) is 5.91 Å². The van der Waals surface area contributed by atoms with Crippen molar-refractivity contribution >= 4 is 35.2 Å². The second-order valence-corrected chi connectivity index (χ2v) is 7.45. The van der Waals surface area contributed by atoms with Crippen molar-refractivity contribution in [1.82, 2.24) is 20.0 Å². The average molecular weight is 423 g/mol. The Morgan fingerprint density at radius 1 is 1.25 bits per heavy atom. The van der Waals surface area contributed by atoms with Crippen LogP contribution in [-0.2, 0) is 16.1 Å². The molecular formula is C20H24Cl2N4O2. The zero-order valence-electron chi connectivity index (χ0n) is 15.8. The van der Waals surface area contributed by atoms with Gasteiger partial charge in [0.05, 0.1) is 25.5 Å². The molecule has 2 aromatic rings. The van der Waals surface area contributed by atoms with Crippen LogP contribution in [0.5, 0.6) is 0 Å². The van der Waals surface area contributed by atoms with Gasteiger partial charge in [-0.3, -0.25) is 9.69 Å². The molecule has 1 N–H and O–H groups in total. The Hall–Kier alpha value is -1.86. The van der Waals surface area contributed by atoms with Crippen LogP contribution in [0.2, 0.25) is 10.2 Å². The lowest BCUT2D eigenvalue weighted by molar-refractivity contribution is -0.116. The van der Waals surface area contributed by atoms with Gasteiger partial charge in [0.15, 0.2) is 0 Å². The van der Waals surface area contributed by atoms with Gasteiger partial charge in [-0.25, -0.2) is 4.68 Å². The van der Waals surface area contributed by atoms with Crippen molar-refractivity contribution in [3.63, 3.8) is 0 Å². The van der Waals surface area contributed by atoms with E-state index in [0.29, 0.717) is 23.3 Å². The molecule has 1 aromatic heterocycles. The lowest BCUT2D eigenvalue weighted by Gasteiger charge is -2.26. The van der Waals surface area contributed by atoms with Crippen molar-refractivity contribution in [2.24, 2.45) is 0 Å². The monoisotopic (exact) mass is 422 g/mol. The highest BCUT2D eigenvalue weighted by molar-refractivity contribution is 6.31. The first-order valence-electron chi connectivity index (χ1n) is 9.26. The van der Waals surface area contributed by atoms with Gasteiger partial charge in [0.1, 0.15) is 5.15 Å². The number of carbonyl (C=O) groups is 1. The summed E-state index contributed by atoms with van der Waals surface area (Å²) in [4.78, 5) is 14.4. The van der Waals surface area contributed by atoms with Crippen molar-refractivity contribution < 1.29 is 9.53 Å². The smallest absolute Gasteiger partial charge is 0.244 e. The molecule has 1 aliphatic rings. The number of aryl methyl sites for hydroxylation is 1. The highest BCUT2D eigenvalue weighted by Gasteiger charge is 2.12. The van der Waals surface area contributed by atoms with Gasteiger partial charge >= 0.3 is 0 Å². The number of hydrogen-bond donors (Lipinski definition) is 1. The fourth-order valence-corrected chi connectivity index (χ4v) is 3.43. The first-order valence-corrected chi connectivity index (χ1v) is 10.0. The van der Waals surface area contributed by atoms with Crippen molar-refractivity contribution in [3.05, 3.63) is 57.3 Å². The van der Waals surface area contributed by atoms with E-state index < -0.39 is 0 Å². The van der Waals surface area contributed by atoms with E-state index in [2.05, 4.69) is 15.3 Å². The lowest BCUT2D eigenvalue weighted by atomic mass is 10.2. The quantitative estimate of drug-likeness (QED) is 0.696. The second-order valence-electron chi connectivity index (χ2n) is 6.65. The third-order valence-corrected chi connectivity index (χ3v) is 5.24. The number of ether oxygens (including phenoxy) is 1. The molecule has 1 aromatic carbocycles. The van der Waals surface area contributed by atoms with Crippen LogP contribution >= 0.6 is 23.2 Å². The Labute approximate surface area is 175 Å². The Morgan fingerprint density at radius 3 is 2.68 bits per heavy atom. The summed E-state index contributed by atoms with van der Waals surface area (Å²) in [5.41, 5.74) is 2.57. The Bertz CT molecular complexity index is 827. The van der Waals surface area contributed by atoms with Crippen molar-refractivity contribution in [2.45, 2.75) is 13.5 Å². The van der Waals surface area contributed by atoms with Gasteiger partial charge in [-0.2, -0.15) is 5.10 Å². The highest BCUT2D eigenvalue weighted by atomic mass is 35.5. The summed E-state index contributed by atoms with van der Waals surface area (Å²) in [6.45, 7) is 7.17. The maximum Gasteiger partial charge on any atom is 0.244 e. The van der Waals surface area contributed by atoms with Crippen LogP contribution in [0.15, 0.2) is 30.3 Å². The number of hydrogen-bond acceptors (Lipinski definition) is 4. The maximum atomic E-state index is 12.1. The molecule has 0 spiro atoms. The second kappa shape index (κ2) is 10.1. The van der Waals surface area contributed by atoms with Gasteiger partial charge in [0.25, 0.3) is 0 Å². The van der Waals surface area contributed by atoms with Crippen LogP contribution in [0, 0.1) is 6.92 Å². The number of halogens is 2. The molecule has 1 aliphatic heterocycles. The number of nitrogens with zero attached hydrogens (tertiary/aromatic N) is 3. The van der Waals surface area contributed by atoms with E-state index in [9.17, 15) is 4.79 Å². The molecule has 0 unspecified atom stereocenters. The zero-order valence-corrected chi connectivity index (χ0v) is 17.3. The maximum absolute atomic E-state index is 12.1. The number of nitrogens with one attached hydrogen (secondary N) is 1. The Morgan fingerprint density at radius 2 is 1.96 bits per heavy atom. The molecule has 0 aliphatic carbocycles. The predicted molar refractivity (Wildman–Crippen MR) is 112 cm³/mol. The Kier molecular flexibility index (Phi) is 7.50. The molecule has 2 heterocycles. The molecule has 28 heavy (non-hydrogen) atoms. The van der Waals surface area contributed by atoms with Crippen LogP contribution in [0.25, 0.3) is 6.08 Å². The minimum atomic E-state index is -0.144. The number of amides is 1. The topological polar surface area (TPSA) is 59.4 Å². The predicted octanol–water partition coefficient (Wildman–Crippen LogP) is 3.01. The normalized spacial score (nSPS) is 15.2. The molecule has 8 heteroatoms. The summed E-state index contributed by atoms with van der Waals surface area (Å²) in [5, 5.41) is 8.57. The van der Waals surface area contributed by atoms with Gasteiger partial charge in [-0.1, -0.05) is 35.3 Å². The van der Waals surface area contributed by atoms with Crippen LogP contribution < -0.4 is 5.32 Å². The third kappa shape index (κ3) is 5.82. The van der Waals surface area contributed by atoms with E-state index >= 15 is 0 Å². The lowest BCUT2D eigenvalue weighted by Crippen LogP contribution is -2.41. The third-order valence-electron chi connectivity index (χ3n) is 4.59. The van der Waals surface area contributed by atoms with Gasteiger partial charge in [0.2, 0.25) is 5.91 Å². The molecule has 3 rings (SSSR count). The average Bonchev–Trinajstić information content (AvgIpc) is 2.96. The molecule has 6 nitrogen and oxygen atoms in total. The molecule has 1 saturated heterocycles. The summed E-state index contributed by atoms with van der Waals surface area (Å²) < 4.78 is 7.03. The van der Waals surface area contributed by atoms with E-state index in [1.807, 2.05) is 31.2 Å². The van der Waals surface area contributed by atoms with Crippen LogP contribution in [0.3, 0.4) is 0 Å². The summed E-state index contributed by atoms with van der Waals surface area (Å²) in [6.07, 6.45) is 3.22. The molecule has 0 radical (unpaired) electrons. The summed E-state index contributed by atoms with van der Waals surface area (Å²) >= 11 is 12.4. The molecule has 0 bridgehead atoms. The van der Waals surface area contributed by atoms with Crippen LogP contribution in [-0.4, -0.2) is 60.0 Å². The largest absolute Gasteiger partial charge is 0.379 e. The van der Waals surface area contributed by atoms with Crippen molar-refractivity contribution in [2.75, 3.05) is 39.4 Å². The summed E-state index contributed by atoms with van der Waals surface area (Å²) in [7, 11) is 0. The fraction of sp³-hybridized carbons (Fsp3) is 0.400. The number of benzene rings is 1. The molecule has 150 valence electrons. The van der Waals surface area contributed by atoms with Gasteiger partial charge in [0, 0.05) is 42.8 Å². The van der Waals surface area contributed by atoms with Crippen molar-refractivity contribution in [3.8, 4) is 0 Å². The van der Waals surface area contributed by atoms with Gasteiger partial charge in [-0.05, 0) is 30.7 Å². The minimum absolute atomic E-state index is 0.144. The molecule has 0 saturated carbocycles. The first-order chi connectivity index (χ1) is 13.5. The first kappa shape index (κ1) is 20.9. The number of morpholine rings is 1. The van der Waals surface area contributed by atoms with Crippen LogP contribution in [0.1, 0.15) is 16.8 Å². The SMILES string of the molecule is Cc1nn(Cc2ccc(Cl)cc2)c(Cl)c1/C=C/C(=O)NCCN1CCOCC1. The summed E-state index contributed by atoms with van der Waals surface area (Å²) in [6, 6.07) is 7.55.